The fraction of sp³-hybridized carbons (Fsp3) is 0.750. The average Bonchev–Trinajstić information content (AvgIpc) is 1.66. The first-order chi connectivity index (χ1) is 51.0. The topological polar surface area (TPSA) is 610 Å². The molecule has 0 saturated carbocycles. The third kappa shape index (κ3) is 42.1. The Bertz CT molecular complexity index is 2930. The zero-order valence-corrected chi connectivity index (χ0v) is 63.2. The molecule has 39 heteroatoms. The molecule has 2 fully saturated rings. The Morgan fingerprint density at radius 3 is 1.50 bits per heavy atom. The number of aliphatic carboxylic acids is 1. The lowest BCUT2D eigenvalue weighted by Crippen LogP contribution is -2.59. The molecule has 2 rings (SSSR count). The molecular formula is C68H120N20O18S. The summed E-state index contributed by atoms with van der Waals surface area (Å²) in [6.07, 6.45) is 19.0. The molecule has 107 heavy (non-hydrogen) atoms. The number of hydrogen-bond acceptors (Lipinski definition) is 20. The minimum Gasteiger partial charge on any atom is -0.481 e. The van der Waals surface area contributed by atoms with Gasteiger partial charge in [-0.05, 0) is 97.9 Å². The van der Waals surface area contributed by atoms with Crippen molar-refractivity contribution in [1.82, 2.24) is 79.8 Å². The fourth-order valence-corrected chi connectivity index (χ4v) is 12.9. The molecule has 0 aromatic rings. The van der Waals surface area contributed by atoms with Crippen LogP contribution in [0.25, 0.3) is 0 Å². The molecule has 0 radical (unpaired) electrons. The van der Waals surface area contributed by atoms with Gasteiger partial charge >= 0.3 is 12.0 Å². The van der Waals surface area contributed by atoms with Crippen molar-refractivity contribution in [3.05, 3.63) is 0 Å². The predicted molar refractivity (Wildman–Crippen MR) is 397 cm³/mol. The van der Waals surface area contributed by atoms with Crippen LogP contribution in [-0.2, 0) is 71.9 Å². The second-order valence-electron chi connectivity index (χ2n) is 26.8. The van der Waals surface area contributed by atoms with Gasteiger partial charge in [0.2, 0.25) is 82.7 Å². The van der Waals surface area contributed by atoms with E-state index in [-0.39, 0.29) is 86.8 Å². The number of hydrogen-bond donors (Lipinski definition) is 21. The van der Waals surface area contributed by atoms with Crippen molar-refractivity contribution < 1.29 is 86.9 Å². The lowest BCUT2D eigenvalue weighted by Gasteiger charge is -2.24. The summed E-state index contributed by atoms with van der Waals surface area (Å²) in [5.41, 5.74) is 22.0. The Kier molecular flexibility index (Phi) is 47.8. The van der Waals surface area contributed by atoms with Crippen molar-refractivity contribution in [2.45, 2.75) is 267 Å². The third-order valence-corrected chi connectivity index (χ3v) is 19.0. The van der Waals surface area contributed by atoms with Crippen molar-refractivity contribution in [3.63, 3.8) is 0 Å². The van der Waals surface area contributed by atoms with E-state index >= 15 is 0 Å². The average molecular weight is 1540 g/mol. The molecule has 16 amide bonds. The van der Waals surface area contributed by atoms with Crippen molar-refractivity contribution in [1.29, 1.82) is 0 Å². The zero-order valence-electron chi connectivity index (χ0n) is 62.4. The molecule has 2 saturated heterocycles. The van der Waals surface area contributed by atoms with E-state index in [4.69, 9.17) is 22.9 Å². The molecule has 0 aliphatic carbocycles. The number of carboxylic acid groups (broad SMARTS) is 1. The number of carbonyl (C=O) groups excluding carboxylic acids is 15. The van der Waals surface area contributed by atoms with E-state index in [2.05, 4.69) is 91.7 Å². The van der Waals surface area contributed by atoms with Gasteiger partial charge in [-0.1, -0.05) is 90.4 Å². The standard InChI is InChI=1S/C68H120N20O18S/c1-5-6-7-8-9-10-11-12-13-14-15-16-17-29-51(90)73-32-23-21-25-44(59(70)98)84-62(101)43(4)81-61(100)42(3)80-60(99)41(2)79-55(94)37-76-53(92)35-75-54(93)36-77-64(103)46(26-20-22-31-69)85-66(105)48(39-89)86-65(104)47(34-57(96)97)83-56(95)38-78-63(102)45(27-24-33-74-67(71)72)82-52(91)30-19-18-28-50-58-49(40-107-50)87-68(106)88-58/h41-50,58,89H,5-40,69H2,1-4H3,(H2,70,98)(H,73,90)(H,75,93)(H,76,92)(H,77,103)(H,78,102)(H,79,94)(H,80,99)(H,81,100)(H,82,91)(H,83,95)(H,84,101)(H,85,105)(H,86,104)(H,96,97)(H4,71,72,74)(H2,87,88,106)/t41-,42-,43-,44-,45-,46-,47-,48-,49-,50-,58-/m0/s1. The maximum atomic E-state index is 13.5. The summed E-state index contributed by atoms with van der Waals surface area (Å²) in [5.74, 6) is -12.5. The highest BCUT2D eigenvalue weighted by atomic mass is 32.2. The summed E-state index contributed by atoms with van der Waals surface area (Å²) < 4.78 is 0. The van der Waals surface area contributed by atoms with Gasteiger partial charge in [-0.25, -0.2) is 4.79 Å². The molecule has 2 heterocycles. The number of nitrogens with two attached hydrogens (primary N) is 4. The monoisotopic (exact) mass is 1540 g/mol. The summed E-state index contributed by atoms with van der Waals surface area (Å²) >= 11 is 1.73. The predicted octanol–water partition coefficient (Wildman–Crippen LogP) is -3.98. The van der Waals surface area contributed by atoms with Crippen LogP contribution in [0.15, 0.2) is 4.99 Å². The summed E-state index contributed by atoms with van der Waals surface area (Å²) in [4.78, 5) is 209. The number of thioether (sulfide) groups is 1. The van der Waals surface area contributed by atoms with Crippen molar-refractivity contribution in [2.24, 2.45) is 27.9 Å². The Hall–Kier alpha value is -9.14. The number of nitrogens with one attached hydrogen (secondary N) is 15. The van der Waals surface area contributed by atoms with Gasteiger partial charge in [0.05, 0.1) is 51.3 Å². The molecule has 25 N–H and O–H groups in total. The van der Waals surface area contributed by atoms with Crippen LogP contribution in [-0.4, -0.2) is 235 Å². The molecule has 0 aromatic carbocycles. The number of nitrogens with zero attached hydrogens (tertiary/aromatic N) is 1. The van der Waals surface area contributed by atoms with E-state index in [1.165, 1.54) is 85.0 Å². The maximum absolute atomic E-state index is 13.5. The van der Waals surface area contributed by atoms with Gasteiger partial charge in [0, 0.05) is 36.9 Å². The Morgan fingerprint density at radius 1 is 0.467 bits per heavy atom. The van der Waals surface area contributed by atoms with Gasteiger partial charge in [0.1, 0.15) is 48.3 Å². The van der Waals surface area contributed by atoms with Gasteiger partial charge in [0.15, 0.2) is 5.96 Å². The smallest absolute Gasteiger partial charge is 0.315 e. The summed E-state index contributed by atoms with van der Waals surface area (Å²) in [6.45, 7) is 2.80. The number of fused-ring (bicyclic) bond motifs is 1. The molecule has 0 aromatic heterocycles. The van der Waals surface area contributed by atoms with Crippen LogP contribution in [0.4, 0.5) is 4.79 Å². The lowest BCUT2D eigenvalue weighted by molar-refractivity contribution is -0.141. The second-order valence-corrected chi connectivity index (χ2v) is 28.1. The molecular weight excluding hydrogens is 1420 g/mol. The SMILES string of the molecule is CCCCCCCCCCCCCCCC(=O)NCCCC[C@H](NC(=O)[C@H](C)NC(=O)[C@H](C)NC(=O)[C@H](C)NC(=O)CNC(=O)CNC(=O)CNC(=O)[C@H](CCCCN)NC(=O)[C@H](CO)NC(=O)[C@H](CC(=O)O)NC(=O)CNC(=O)[C@H](CCCN=C(N)N)NC(=O)CCCC[C@@H]1SC[C@@H]2NC(=O)N[C@@H]21)C(N)=O. The normalized spacial score (nSPS) is 16.4. The summed E-state index contributed by atoms with van der Waals surface area (Å²) in [7, 11) is 0. The minimum atomic E-state index is -1.89. The number of rotatable bonds is 59. The molecule has 2 aliphatic rings. The second kappa shape index (κ2) is 54.4. The Morgan fingerprint density at radius 2 is 0.925 bits per heavy atom. The van der Waals surface area contributed by atoms with E-state index in [0.29, 0.717) is 45.1 Å². The van der Waals surface area contributed by atoms with E-state index < -0.39 is 170 Å². The van der Waals surface area contributed by atoms with Crippen LogP contribution in [0.3, 0.4) is 0 Å². The summed E-state index contributed by atoms with van der Waals surface area (Å²) in [6, 6.07) is -11.2. The molecule has 11 atom stereocenters. The number of unbranched alkanes of at least 4 members (excludes halogenated alkanes) is 15. The number of guanidine groups is 1. The molecule has 0 unspecified atom stereocenters. The van der Waals surface area contributed by atoms with E-state index in [1.54, 1.807) is 11.8 Å². The van der Waals surface area contributed by atoms with E-state index in [1.807, 2.05) is 0 Å². The van der Waals surface area contributed by atoms with E-state index in [0.717, 1.165) is 31.4 Å². The quantitative estimate of drug-likeness (QED) is 0.0119. The van der Waals surface area contributed by atoms with E-state index in [9.17, 15) is 86.9 Å². The first kappa shape index (κ1) is 93.9. The number of amides is 16. The first-order valence-corrected chi connectivity index (χ1v) is 38.3. The first-order valence-electron chi connectivity index (χ1n) is 37.3. The largest absolute Gasteiger partial charge is 0.481 e. The summed E-state index contributed by atoms with van der Waals surface area (Å²) in [5, 5.41) is 56.7. The number of urea groups is 1. The van der Waals surface area contributed by atoms with Crippen molar-refractivity contribution in [3.8, 4) is 0 Å². The van der Waals surface area contributed by atoms with Crippen LogP contribution in [0.1, 0.15) is 201 Å². The molecule has 38 nitrogen and oxygen atoms in total. The van der Waals surface area contributed by atoms with Gasteiger partial charge in [0.25, 0.3) is 0 Å². The number of aliphatic hydroxyl groups is 1. The van der Waals surface area contributed by atoms with Gasteiger partial charge < -0.3 is 113 Å². The van der Waals surface area contributed by atoms with Gasteiger partial charge in [-0.15, -0.1) is 0 Å². The number of aliphatic hydroxyl groups excluding tert-OH is 1. The van der Waals surface area contributed by atoms with Crippen LogP contribution < -0.4 is 103 Å². The maximum Gasteiger partial charge on any atom is 0.315 e. The number of aliphatic imine (C=N–C) groups is 1. The van der Waals surface area contributed by atoms with Gasteiger partial charge in [-0.3, -0.25) is 76.9 Å². The number of primary amides is 1. The molecule has 0 bridgehead atoms. The van der Waals surface area contributed by atoms with Crippen LogP contribution in [0, 0.1) is 0 Å². The van der Waals surface area contributed by atoms with Crippen LogP contribution in [0.2, 0.25) is 0 Å². The molecule has 2 aliphatic heterocycles. The van der Waals surface area contributed by atoms with Crippen LogP contribution >= 0.6 is 11.8 Å². The Balaban J connectivity index is 1.79. The molecule has 606 valence electrons. The minimum absolute atomic E-state index is 0.00416. The fourth-order valence-electron chi connectivity index (χ4n) is 11.3. The highest BCUT2D eigenvalue weighted by molar-refractivity contribution is 8.00. The number of carbonyl (C=O) groups is 16. The van der Waals surface area contributed by atoms with Crippen molar-refractivity contribution >= 4 is 112 Å². The van der Waals surface area contributed by atoms with Crippen LogP contribution in [0.5, 0.6) is 0 Å². The highest BCUT2D eigenvalue weighted by Gasteiger charge is 2.43. The third-order valence-electron chi connectivity index (χ3n) is 17.5. The van der Waals surface area contributed by atoms with Crippen molar-refractivity contribution in [2.75, 3.05) is 58.2 Å². The number of carboxylic acids is 1. The zero-order chi connectivity index (χ0) is 79.6. The lowest BCUT2D eigenvalue weighted by atomic mass is 10.0. The Labute approximate surface area is 629 Å². The molecule has 0 spiro atoms. The van der Waals surface area contributed by atoms with Gasteiger partial charge in [-0.2, -0.15) is 11.8 Å². The highest BCUT2D eigenvalue weighted by Crippen LogP contribution is 2.33.